The number of nitro groups is 1. The summed E-state index contributed by atoms with van der Waals surface area (Å²) < 4.78 is 5.50. The average Bonchev–Trinajstić information content (AvgIpc) is 2.46. The molecule has 1 amide bonds. The van der Waals surface area contributed by atoms with Crippen molar-refractivity contribution in [2.45, 2.75) is 52.2 Å². The summed E-state index contributed by atoms with van der Waals surface area (Å²) in [5.41, 5.74) is 0.931. The smallest absolute Gasteiger partial charge is 0.410 e. The summed E-state index contributed by atoms with van der Waals surface area (Å²) in [6.45, 7) is 8.40. The normalized spacial score (nSPS) is 17.8. The van der Waals surface area contributed by atoms with Gasteiger partial charge in [0.15, 0.2) is 0 Å². The highest BCUT2D eigenvalue weighted by molar-refractivity contribution is 5.69. The van der Waals surface area contributed by atoms with Crippen molar-refractivity contribution in [2.24, 2.45) is 0 Å². The Morgan fingerprint density at radius 2 is 2.27 bits per heavy atom. The molecular formula is C15H21N3O4. The van der Waals surface area contributed by atoms with Crippen molar-refractivity contribution in [3.63, 3.8) is 0 Å². The van der Waals surface area contributed by atoms with Crippen LogP contribution in [0.1, 0.15) is 51.3 Å². The summed E-state index contributed by atoms with van der Waals surface area (Å²) in [4.78, 5) is 28.5. The molecule has 0 saturated carbocycles. The Kier molecular flexibility index (Phi) is 4.35. The van der Waals surface area contributed by atoms with Gasteiger partial charge in [0.25, 0.3) is 5.69 Å². The van der Waals surface area contributed by atoms with E-state index in [1.807, 2.05) is 27.7 Å². The lowest BCUT2D eigenvalue weighted by Crippen LogP contribution is -2.41. The number of carbonyl (C=O) groups is 1. The topological polar surface area (TPSA) is 85.6 Å². The third-order valence-corrected chi connectivity index (χ3v) is 3.99. The molecule has 0 aliphatic carbocycles. The van der Waals surface area contributed by atoms with Crippen LogP contribution in [-0.4, -0.2) is 33.0 Å². The highest BCUT2D eigenvalue weighted by Crippen LogP contribution is 2.29. The number of hydrogen-bond acceptors (Lipinski definition) is 5. The average molecular weight is 307 g/mol. The molecule has 0 saturated heterocycles. The maximum atomic E-state index is 12.3. The number of hydrogen-bond donors (Lipinski definition) is 0. The highest BCUT2D eigenvalue weighted by Gasteiger charge is 2.31. The second kappa shape index (κ2) is 5.90. The van der Waals surface area contributed by atoms with Crippen molar-refractivity contribution in [1.29, 1.82) is 0 Å². The quantitative estimate of drug-likeness (QED) is 0.632. The van der Waals surface area contributed by atoms with Crippen LogP contribution in [0.25, 0.3) is 0 Å². The Labute approximate surface area is 129 Å². The Morgan fingerprint density at radius 3 is 2.86 bits per heavy atom. The predicted octanol–water partition coefficient (Wildman–Crippen LogP) is 3.23. The lowest BCUT2D eigenvalue weighted by molar-refractivity contribution is -0.385. The number of pyridine rings is 1. The van der Waals surface area contributed by atoms with Gasteiger partial charge >= 0.3 is 6.09 Å². The van der Waals surface area contributed by atoms with Gasteiger partial charge in [0.1, 0.15) is 11.8 Å². The maximum Gasteiger partial charge on any atom is 0.410 e. The molecule has 1 aromatic heterocycles. The molecule has 1 aliphatic heterocycles. The molecule has 2 rings (SSSR count). The number of fused-ring (bicyclic) bond motifs is 1. The van der Waals surface area contributed by atoms with Crippen LogP contribution in [0.15, 0.2) is 12.3 Å². The molecule has 0 radical (unpaired) electrons. The highest BCUT2D eigenvalue weighted by atomic mass is 16.6. The Balaban J connectivity index is 2.21. The summed E-state index contributed by atoms with van der Waals surface area (Å²) in [5.74, 6) is 0.0156. The zero-order valence-corrected chi connectivity index (χ0v) is 13.3. The standard InChI is InChI=1S/C15H21N3O4/c1-5-15(3,4)22-14(19)17-8-10(2)13-11(9-17)6-12(7-16-13)18(20)21/h6-7,10H,5,8-9H2,1-4H3. The molecule has 7 heteroatoms. The van der Waals surface area contributed by atoms with Gasteiger partial charge in [0.2, 0.25) is 0 Å². The van der Waals surface area contributed by atoms with E-state index < -0.39 is 16.6 Å². The zero-order valence-electron chi connectivity index (χ0n) is 13.3. The largest absolute Gasteiger partial charge is 0.443 e. The first-order valence-corrected chi connectivity index (χ1v) is 7.34. The maximum absolute atomic E-state index is 12.3. The second-order valence-electron chi connectivity index (χ2n) is 6.26. The van der Waals surface area contributed by atoms with Crippen molar-refractivity contribution >= 4 is 11.8 Å². The molecule has 1 unspecified atom stereocenters. The van der Waals surface area contributed by atoms with Crippen LogP contribution in [0.4, 0.5) is 10.5 Å². The molecule has 0 bridgehead atoms. The van der Waals surface area contributed by atoms with Gasteiger partial charge in [-0.1, -0.05) is 13.8 Å². The van der Waals surface area contributed by atoms with E-state index in [0.717, 1.165) is 5.69 Å². The Morgan fingerprint density at radius 1 is 1.59 bits per heavy atom. The minimum absolute atomic E-state index is 0.0156. The minimum Gasteiger partial charge on any atom is -0.443 e. The molecule has 0 N–H and O–H groups in total. The first kappa shape index (κ1) is 16.2. The molecule has 2 heterocycles. The van der Waals surface area contributed by atoms with Crippen LogP contribution in [0.3, 0.4) is 0 Å². The van der Waals surface area contributed by atoms with Gasteiger partial charge in [-0.2, -0.15) is 0 Å². The van der Waals surface area contributed by atoms with Crippen molar-refractivity contribution < 1.29 is 14.5 Å². The van der Waals surface area contributed by atoms with Gasteiger partial charge in [-0.15, -0.1) is 0 Å². The van der Waals surface area contributed by atoms with E-state index in [1.165, 1.54) is 12.3 Å². The molecule has 0 spiro atoms. The van der Waals surface area contributed by atoms with Crippen LogP contribution >= 0.6 is 0 Å². The first-order chi connectivity index (χ1) is 10.2. The molecule has 1 aliphatic rings. The van der Waals surface area contributed by atoms with Gasteiger partial charge in [-0.05, 0) is 20.3 Å². The van der Waals surface area contributed by atoms with Gasteiger partial charge in [-0.3, -0.25) is 15.1 Å². The summed E-state index contributed by atoms with van der Waals surface area (Å²) in [6.07, 6.45) is 1.59. The fourth-order valence-electron chi connectivity index (χ4n) is 2.38. The number of carbonyl (C=O) groups excluding carboxylic acids is 1. The number of ether oxygens (including phenoxy) is 1. The van der Waals surface area contributed by atoms with E-state index in [2.05, 4.69) is 4.98 Å². The Hall–Kier alpha value is -2.18. The van der Waals surface area contributed by atoms with Gasteiger partial charge < -0.3 is 9.64 Å². The lowest BCUT2D eigenvalue weighted by Gasteiger charge is -2.34. The molecule has 7 nitrogen and oxygen atoms in total. The molecule has 1 aromatic rings. The van der Waals surface area contributed by atoms with Gasteiger partial charge in [-0.25, -0.2) is 4.79 Å². The van der Waals surface area contributed by atoms with Crippen LogP contribution in [0, 0.1) is 10.1 Å². The van der Waals surface area contributed by atoms with Crippen LogP contribution < -0.4 is 0 Å². The molecule has 0 aromatic carbocycles. The molecule has 120 valence electrons. The monoisotopic (exact) mass is 307 g/mol. The van der Waals surface area contributed by atoms with Gasteiger partial charge in [0.05, 0.1) is 17.2 Å². The molecule has 0 fully saturated rings. The molecular weight excluding hydrogens is 286 g/mol. The second-order valence-corrected chi connectivity index (χ2v) is 6.26. The van der Waals surface area contributed by atoms with Crippen LogP contribution in [0.2, 0.25) is 0 Å². The third-order valence-electron chi connectivity index (χ3n) is 3.99. The molecule has 1 atom stereocenters. The van der Waals surface area contributed by atoms with E-state index in [0.29, 0.717) is 18.5 Å². The fraction of sp³-hybridized carbons (Fsp3) is 0.600. The SMILES string of the molecule is CCC(C)(C)OC(=O)N1Cc2cc([N+](=O)[O-])cnc2C(C)C1. The zero-order chi connectivity index (χ0) is 16.5. The molecule has 22 heavy (non-hydrogen) atoms. The summed E-state index contributed by atoms with van der Waals surface area (Å²) >= 11 is 0. The van der Waals surface area contributed by atoms with E-state index >= 15 is 0 Å². The van der Waals surface area contributed by atoms with Crippen molar-refractivity contribution in [3.05, 3.63) is 33.6 Å². The summed E-state index contributed by atoms with van der Waals surface area (Å²) in [6, 6.07) is 1.49. The summed E-state index contributed by atoms with van der Waals surface area (Å²) in [7, 11) is 0. The number of amides is 1. The third kappa shape index (κ3) is 3.35. The number of nitrogens with zero attached hydrogens (tertiary/aromatic N) is 3. The van der Waals surface area contributed by atoms with E-state index in [-0.39, 0.29) is 18.2 Å². The summed E-state index contributed by atoms with van der Waals surface area (Å²) in [5, 5.41) is 10.9. The minimum atomic E-state index is -0.526. The van der Waals surface area contributed by atoms with E-state index in [1.54, 1.807) is 4.90 Å². The van der Waals surface area contributed by atoms with E-state index in [4.69, 9.17) is 4.74 Å². The lowest BCUT2D eigenvalue weighted by atomic mass is 9.96. The first-order valence-electron chi connectivity index (χ1n) is 7.34. The van der Waals surface area contributed by atoms with Crippen molar-refractivity contribution in [2.75, 3.05) is 6.54 Å². The van der Waals surface area contributed by atoms with Crippen molar-refractivity contribution in [1.82, 2.24) is 9.88 Å². The van der Waals surface area contributed by atoms with Gasteiger partial charge in [0, 0.05) is 24.1 Å². The predicted molar refractivity (Wildman–Crippen MR) is 80.6 cm³/mol. The van der Waals surface area contributed by atoms with E-state index in [9.17, 15) is 14.9 Å². The van der Waals surface area contributed by atoms with Crippen LogP contribution in [0.5, 0.6) is 0 Å². The Bertz CT molecular complexity index is 600. The number of aromatic nitrogens is 1. The van der Waals surface area contributed by atoms with Crippen molar-refractivity contribution in [3.8, 4) is 0 Å². The number of rotatable bonds is 3. The fourth-order valence-corrected chi connectivity index (χ4v) is 2.38. The van der Waals surface area contributed by atoms with Crippen LogP contribution in [-0.2, 0) is 11.3 Å².